The van der Waals surface area contributed by atoms with E-state index in [-0.39, 0.29) is 21.2 Å². The van der Waals surface area contributed by atoms with Gasteiger partial charge in [0.25, 0.3) is 5.91 Å². The molecule has 0 aliphatic carbocycles. The number of carboxylic acids is 1. The molecule has 0 fully saturated rings. The van der Waals surface area contributed by atoms with E-state index >= 15 is 0 Å². The Morgan fingerprint density at radius 2 is 1.62 bits per heavy atom. The summed E-state index contributed by atoms with van der Waals surface area (Å²) in [5.41, 5.74) is 3.65. The van der Waals surface area contributed by atoms with Gasteiger partial charge in [0.1, 0.15) is 23.7 Å². The van der Waals surface area contributed by atoms with Crippen molar-refractivity contribution in [3.05, 3.63) is 85.1 Å². The first-order chi connectivity index (χ1) is 17.3. The SMILES string of the molecule is Cc1ccc(-c2c(Cl)cc(F)cc2Cl)c2c1CCC(C)(C)O2.O=C(O)CNC(=O)c1c(Cl)cccc1Cl. The summed E-state index contributed by atoms with van der Waals surface area (Å²) < 4.78 is 19.7. The summed E-state index contributed by atoms with van der Waals surface area (Å²) in [6, 6.07) is 11.1. The number of halogens is 5. The van der Waals surface area contributed by atoms with Crippen molar-refractivity contribution in [2.75, 3.05) is 6.54 Å². The third kappa shape index (κ3) is 7.08. The van der Waals surface area contributed by atoms with E-state index in [1.54, 1.807) is 6.07 Å². The van der Waals surface area contributed by atoms with E-state index in [2.05, 4.69) is 26.1 Å². The number of rotatable bonds is 4. The van der Waals surface area contributed by atoms with E-state index in [1.165, 1.54) is 35.4 Å². The molecule has 3 aromatic carbocycles. The maximum absolute atomic E-state index is 13.5. The van der Waals surface area contributed by atoms with Gasteiger partial charge in [-0.2, -0.15) is 0 Å². The lowest BCUT2D eigenvalue weighted by Gasteiger charge is -2.35. The van der Waals surface area contributed by atoms with Crippen LogP contribution >= 0.6 is 46.4 Å². The van der Waals surface area contributed by atoms with Crippen LogP contribution in [0.15, 0.2) is 42.5 Å². The molecule has 0 saturated heterocycles. The fourth-order valence-corrected chi connectivity index (χ4v) is 5.10. The number of carbonyl (C=O) groups is 2. The third-order valence-corrected chi connectivity index (χ3v) is 6.94. The van der Waals surface area contributed by atoms with Gasteiger partial charge in [-0.15, -0.1) is 0 Å². The first kappa shape index (κ1) is 29.1. The monoisotopic (exact) mass is 585 g/mol. The molecule has 0 unspecified atom stereocenters. The average Bonchev–Trinajstić information content (AvgIpc) is 2.78. The van der Waals surface area contributed by atoms with Gasteiger partial charge in [-0.25, -0.2) is 4.39 Å². The van der Waals surface area contributed by atoms with Gasteiger partial charge in [-0.3, -0.25) is 9.59 Å². The summed E-state index contributed by atoms with van der Waals surface area (Å²) in [4.78, 5) is 21.7. The Morgan fingerprint density at radius 3 is 2.19 bits per heavy atom. The van der Waals surface area contributed by atoms with Crippen LogP contribution in [0.3, 0.4) is 0 Å². The molecule has 2 N–H and O–H groups in total. The van der Waals surface area contributed by atoms with Crippen molar-refractivity contribution < 1.29 is 23.8 Å². The number of nitrogens with one attached hydrogen (secondary N) is 1. The van der Waals surface area contributed by atoms with Gasteiger partial charge >= 0.3 is 5.97 Å². The number of benzene rings is 3. The van der Waals surface area contributed by atoms with Gasteiger partial charge < -0.3 is 15.2 Å². The Hall–Kier alpha value is -2.51. The second kappa shape index (κ2) is 11.9. The van der Waals surface area contributed by atoms with Gasteiger partial charge in [0, 0.05) is 11.1 Å². The first-order valence-electron chi connectivity index (χ1n) is 11.2. The zero-order valence-electron chi connectivity index (χ0n) is 20.2. The average molecular weight is 587 g/mol. The zero-order valence-corrected chi connectivity index (χ0v) is 23.2. The molecule has 0 atom stereocenters. The summed E-state index contributed by atoms with van der Waals surface area (Å²) >= 11 is 24.0. The number of fused-ring (bicyclic) bond motifs is 1. The van der Waals surface area contributed by atoms with E-state index in [4.69, 9.17) is 56.2 Å². The second-order valence-electron chi connectivity index (χ2n) is 9.02. The van der Waals surface area contributed by atoms with Crippen LogP contribution in [-0.2, 0) is 11.2 Å². The van der Waals surface area contributed by atoms with E-state index in [0.29, 0.717) is 15.6 Å². The van der Waals surface area contributed by atoms with Crippen molar-refractivity contribution in [2.45, 2.75) is 39.2 Å². The molecule has 0 aromatic heterocycles. The van der Waals surface area contributed by atoms with Gasteiger partial charge in [0.05, 0.1) is 25.7 Å². The fraction of sp³-hybridized carbons (Fsp3) is 0.259. The molecule has 1 aliphatic rings. The number of carbonyl (C=O) groups excluding carboxylic acids is 1. The van der Waals surface area contributed by atoms with Crippen molar-refractivity contribution in [1.29, 1.82) is 0 Å². The van der Waals surface area contributed by atoms with E-state index in [0.717, 1.165) is 24.2 Å². The molecule has 1 amide bonds. The Morgan fingerprint density at radius 1 is 1.03 bits per heavy atom. The molecule has 0 radical (unpaired) electrons. The summed E-state index contributed by atoms with van der Waals surface area (Å²) in [5, 5.41) is 11.5. The zero-order chi connectivity index (χ0) is 27.5. The van der Waals surface area contributed by atoms with Crippen LogP contribution in [0.4, 0.5) is 4.39 Å². The van der Waals surface area contributed by atoms with Crippen LogP contribution in [0.1, 0.15) is 41.8 Å². The standard InChI is InChI=1S/C18H17Cl2FO.C9H7Cl2NO3/c1-10-4-5-13(16-14(19)8-11(21)9-15(16)20)17-12(10)6-7-18(2,3)22-17;10-5-2-1-3-6(11)8(5)9(15)12-4-7(13)14/h4-5,8-9H,6-7H2,1-3H3;1-3H,4H2,(H,12,15)(H,13,14). The lowest BCUT2D eigenvalue weighted by molar-refractivity contribution is -0.135. The number of amides is 1. The molecular formula is C27H24Cl4FNO4. The quantitative estimate of drug-likeness (QED) is 0.324. The summed E-state index contributed by atoms with van der Waals surface area (Å²) in [7, 11) is 0. The maximum atomic E-state index is 13.5. The minimum absolute atomic E-state index is 0.0853. The molecule has 0 spiro atoms. The molecule has 0 saturated carbocycles. The van der Waals surface area contributed by atoms with Gasteiger partial charge in [-0.1, -0.05) is 64.6 Å². The normalized spacial score (nSPS) is 13.5. The summed E-state index contributed by atoms with van der Waals surface area (Å²) in [5.74, 6) is -1.37. The first-order valence-corrected chi connectivity index (χ1v) is 12.7. The minimum Gasteiger partial charge on any atom is -0.487 e. The molecule has 1 heterocycles. The highest BCUT2D eigenvalue weighted by Gasteiger charge is 2.30. The minimum atomic E-state index is -1.13. The van der Waals surface area contributed by atoms with Crippen molar-refractivity contribution in [1.82, 2.24) is 5.32 Å². The van der Waals surface area contributed by atoms with Crippen molar-refractivity contribution >= 4 is 58.3 Å². The molecular weight excluding hydrogens is 563 g/mol. The van der Waals surface area contributed by atoms with E-state index < -0.39 is 24.2 Å². The largest absolute Gasteiger partial charge is 0.487 e. The number of hydrogen-bond donors (Lipinski definition) is 2. The Bertz CT molecular complexity index is 1320. The molecule has 37 heavy (non-hydrogen) atoms. The van der Waals surface area contributed by atoms with Crippen LogP contribution in [0, 0.1) is 12.7 Å². The van der Waals surface area contributed by atoms with Crippen LogP contribution in [-0.4, -0.2) is 29.1 Å². The van der Waals surface area contributed by atoms with Gasteiger partial charge in [0.2, 0.25) is 0 Å². The van der Waals surface area contributed by atoms with Crippen molar-refractivity contribution in [2.24, 2.45) is 0 Å². The fourth-order valence-electron chi connectivity index (χ4n) is 3.86. The maximum Gasteiger partial charge on any atom is 0.322 e. The molecule has 4 rings (SSSR count). The number of ether oxygens (including phenoxy) is 1. The van der Waals surface area contributed by atoms with E-state index in [9.17, 15) is 14.0 Å². The van der Waals surface area contributed by atoms with Crippen molar-refractivity contribution in [3.8, 4) is 16.9 Å². The molecule has 196 valence electrons. The topological polar surface area (TPSA) is 75.6 Å². The predicted molar refractivity (Wildman–Crippen MR) is 146 cm³/mol. The van der Waals surface area contributed by atoms with Crippen LogP contribution in [0.5, 0.6) is 5.75 Å². The number of carboxylic acid groups (broad SMARTS) is 1. The smallest absolute Gasteiger partial charge is 0.322 e. The number of aryl methyl sites for hydroxylation is 1. The summed E-state index contributed by atoms with van der Waals surface area (Å²) in [6.45, 7) is 5.73. The molecule has 5 nitrogen and oxygen atoms in total. The van der Waals surface area contributed by atoms with Gasteiger partial charge in [-0.05, 0) is 69.0 Å². The summed E-state index contributed by atoms with van der Waals surface area (Å²) in [6.07, 6.45) is 1.90. The second-order valence-corrected chi connectivity index (χ2v) is 10.6. The third-order valence-electron chi connectivity index (χ3n) is 5.72. The Labute approximate surface area is 234 Å². The molecule has 0 bridgehead atoms. The van der Waals surface area contributed by atoms with Gasteiger partial charge in [0.15, 0.2) is 0 Å². The number of hydrogen-bond acceptors (Lipinski definition) is 3. The highest BCUT2D eigenvalue weighted by atomic mass is 35.5. The van der Waals surface area contributed by atoms with E-state index in [1.807, 2.05) is 12.1 Å². The molecule has 1 aliphatic heterocycles. The van der Waals surface area contributed by atoms with Crippen LogP contribution in [0.25, 0.3) is 11.1 Å². The number of aliphatic carboxylic acids is 1. The molecule has 3 aromatic rings. The van der Waals surface area contributed by atoms with Crippen LogP contribution < -0.4 is 10.1 Å². The lowest BCUT2D eigenvalue weighted by atomic mass is 9.88. The molecule has 10 heteroatoms. The highest BCUT2D eigenvalue weighted by molar-refractivity contribution is 6.40. The lowest BCUT2D eigenvalue weighted by Crippen LogP contribution is -2.33. The predicted octanol–water partition coefficient (Wildman–Crippen LogP) is 8.02. The Balaban J connectivity index is 0.000000222. The Kier molecular flexibility index (Phi) is 9.35. The highest BCUT2D eigenvalue weighted by Crippen LogP contribution is 2.46. The van der Waals surface area contributed by atoms with Crippen molar-refractivity contribution in [3.63, 3.8) is 0 Å². The van der Waals surface area contributed by atoms with Crippen LogP contribution in [0.2, 0.25) is 20.1 Å².